The summed E-state index contributed by atoms with van der Waals surface area (Å²) in [5, 5.41) is 9.87. The van der Waals surface area contributed by atoms with Crippen molar-refractivity contribution in [2.75, 3.05) is 25.6 Å². The Kier molecular flexibility index (Phi) is 10.4. The van der Waals surface area contributed by atoms with E-state index in [-0.39, 0.29) is 30.7 Å². The summed E-state index contributed by atoms with van der Waals surface area (Å²) >= 11 is 1.38. The highest BCUT2D eigenvalue weighted by Gasteiger charge is 2.34. The van der Waals surface area contributed by atoms with Crippen LogP contribution in [0, 0.1) is 10.8 Å². The molecule has 0 aliphatic rings. The molecule has 0 fully saturated rings. The number of hydrogen-bond donors (Lipinski definition) is 1. The molecule has 0 aliphatic heterocycles. The van der Waals surface area contributed by atoms with Crippen molar-refractivity contribution in [2.45, 2.75) is 67.1 Å². The third-order valence-corrected chi connectivity index (χ3v) is 3.55. The zero-order valence-electron chi connectivity index (χ0n) is 15.7. The van der Waals surface area contributed by atoms with Crippen LogP contribution in [0.1, 0.15) is 54.9 Å². The van der Waals surface area contributed by atoms with Crippen molar-refractivity contribution < 1.29 is 23.6 Å². The molecule has 0 saturated heterocycles. The Morgan fingerprint density at radius 2 is 1.74 bits per heavy atom. The number of rotatable bonds is 11. The Hall–Kier alpha value is -0.300. The van der Waals surface area contributed by atoms with Crippen LogP contribution in [0.15, 0.2) is 0 Å². The van der Waals surface area contributed by atoms with Gasteiger partial charge in [-0.3, -0.25) is 4.79 Å². The zero-order valence-corrected chi connectivity index (χ0v) is 16.5. The van der Waals surface area contributed by atoms with Gasteiger partial charge in [-0.25, -0.2) is 0 Å². The SMILES string of the molecule is CCSOCC(C)OCC(O)COC(=O)C(C)(C)CC(C)(C)C. The number of hydrogen-bond acceptors (Lipinski definition) is 6. The van der Waals surface area contributed by atoms with Crippen LogP contribution in [-0.2, 0) is 18.5 Å². The lowest BCUT2D eigenvalue weighted by atomic mass is 9.76. The molecule has 2 atom stereocenters. The minimum atomic E-state index is -0.828. The summed E-state index contributed by atoms with van der Waals surface area (Å²) in [7, 11) is 0. The molecule has 0 aromatic rings. The van der Waals surface area contributed by atoms with Crippen LogP contribution in [-0.4, -0.2) is 48.9 Å². The summed E-state index contributed by atoms with van der Waals surface area (Å²) in [5.41, 5.74) is -0.534. The Balaban J connectivity index is 4.04. The third kappa shape index (κ3) is 11.8. The molecule has 0 bridgehead atoms. The van der Waals surface area contributed by atoms with Crippen LogP contribution in [0.2, 0.25) is 0 Å². The van der Waals surface area contributed by atoms with Gasteiger partial charge >= 0.3 is 5.97 Å². The van der Waals surface area contributed by atoms with E-state index in [1.54, 1.807) is 0 Å². The van der Waals surface area contributed by atoms with Crippen molar-refractivity contribution in [3.05, 3.63) is 0 Å². The summed E-state index contributed by atoms with van der Waals surface area (Å²) in [6, 6.07) is 0. The van der Waals surface area contributed by atoms with Crippen molar-refractivity contribution in [2.24, 2.45) is 10.8 Å². The van der Waals surface area contributed by atoms with Gasteiger partial charge in [0.1, 0.15) is 12.7 Å². The van der Waals surface area contributed by atoms with Gasteiger partial charge in [-0.1, -0.05) is 27.7 Å². The average Bonchev–Trinajstić information content (AvgIpc) is 2.40. The molecule has 138 valence electrons. The van der Waals surface area contributed by atoms with Crippen molar-refractivity contribution in [1.29, 1.82) is 0 Å². The fraction of sp³-hybridized carbons (Fsp3) is 0.941. The number of ether oxygens (including phenoxy) is 2. The molecule has 23 heavy (non-hydrogen) atoms. The molecule has 6 heteroatoms. The van der Waals surface area contributed by atoms with Gasteiger partial charge in [-0.15, -0.1) is 0 Å². The Labute approximate surface area is 145 Å². The third-order valence-electron chi connectivity index (χ3n) is 3.01. The summed E-state index contributed by atoms with van der Waals surface area (Å²) in [4.78, 5) is 12.2. The largest absolute Gasteiger partial charge is 0.462 e. The lowest BCUT2D eigenvalue weighted by molar-refractivity contribution is -0.160. The maximum Gasteiger partial charge on any atom is 0.311 e. The van der Waals surface area contributed by atoms with Crippen LogP contribution >= 0.6 is 12.0 Å². The van der Waals surface area contributed by atoms with Crippen LogP contribution in [0.3, 0.4) is 0 Å². The van der Waals surface area contributed by atoms with Gasteiger partial charge in [-0.05, 0) is 44.6 Å². The molecule has 1 N–H and O–H groups in total. The zero-order chi connectivity index (χ0) is 18.1. The van der Waals surface area contributed by atoms with Crippen molar-refractivity contribution in [3.8, 4) is 0 Å². The first-order valence-electron chi connectivity index (χ1n) is 8.19. The maximum absolute atomic E-state index is 12.2. The normalized spacial score (nSPS) is 15.3. The van der Waals surface area contributed by atoms with Gasteiger partial charge in [0, 0.05) is 5.75 Å². The number of aliphatic hydroxyl groups is 1. The van der Waals surface area contributed by atoms with Crippen LogP contribution in [0.5, 0.6) is 0 Å². The van der Waals surface area contributed by atoms with Gasteiger partial charge in [0.05, 0.1) is 24.7 Å². The lowest BCUT2D eigenvalue weighted by Gasteiger charge is -2.30. The van der Waals surface area contributed by atoms with E-state index < -0.39 is 11.5 Å². The van der Waals surface area contributed by atoms with E-state index >= 15 is 0 Å². The second-order valence-electron chi connectivity index (χ2n) is 7.71. The first-order chi connectivity index (χ1) is 10.5. The molecule has 2 unspecified atom stereocenters. The summed E-state index contributed by atoms with van der Waals surface area (Å²) in [6.07, 6.45) is -0.225. The summed E-state index contributed by atoms with van der Waals surface area (Å²) in [5.74, 6) is 0.595. The van der Waals surface area contributed by atoms with Gasteiger partial charge in [0.25, 0.3) is 0 Å². The molecular weight excluding hydrogens is 316 g/mol. The minimum absolute atomic E-state index is 0.0379. The highest BCUT2D eigenvalue weighted by atomic mass is 32.2. The molecule has 5 nitrogen and oxygen atoms in total. The number of carbonyl (C=O) groups is 1. The van der Waals surface area contributed by atoms with Gasteiger partial charge < -0.3 is 18.8 Å². The van der Waals surface area contributed by atoms with E-state index in [4.69, 9.17) is 13.7 Å². The standard InChI is InChI=1S/C17H34O5S/c1-8-23-22-9-13(2)20-10-14(18)11-21-15(19)17(6,7)12-16(3,4)5/h13-14,18H,8-12H2,1-7H3. The second-order valence-corrected chi connectivity index (χ2v) is 8.76. The molecule has 0 aromatic carbocycles. The van der Waals surface area contributed by atoms with E-state index in [2.05, 4.69) is 20.8 Å². The van der Waals surface area contributed by atoms with Crippen LogP contribution < -0.4 is 0 Å². The molecule has 0 amide bonds. The Morgan fingerprint density at radius 1 is 1.13 bits per heavy atom. The topological polar surface area (TPSA) is 65.0 Å². The number of carbonyl (C=O) groups excluding carboxylic acids is 1. The van der Waals surface area contributed by atoms with Crippen LogP contribution in [0.4, 0.5) is 0 Å². The molecule has 0 radical (unpaired) electrons. The van der Waals surface area contributed by atoms with E-state index in [1.165, 1.54) is 12.0 Å². The summed E-state index contributed by atoms with van der Waals surface area (Å²) in [6.45, 7) is 14.4. The predicted molar refractivity (Wildman–Crippen MR) is 94.3 cm³/mol. The first-order valence-corrected chi connectivity index (χ1v) is 9.10. The maximum atomic E-state index is 12.2. The van der Waals surface area contributed by atoms with Crippen LogP contribution in [0.25, 0.3) is 0 Å². The van der Waals surface area contributed by atoms with Crippen molar-refractivity contribution >= 4 is 18.0 Å². The number of aliphatic hydroxyl groups excluding tert-OH is 1. The van der Waals surface area contributed by atoms with E-state index in [9.17, 15) is 9.90 Å². The van der Waals surface area contributed by atoms with Crippen molar-refractivity contribution in [3.63, 3.8) is 0 Å². The predicted octanol–water partition coefficient (Wildman–Crippen LogP) is 3.44. The molecule has 0 aromatic heterocycles. The smallest absolute Gasteiger partial charge is 0.311 e. The lowest BCUT2D eigenvalue weighted by Crippen LogP contribution is -2.34. The van der Waals surface area contributed by atoms with E-state index in [0.29, 0.717) is 6.61 Å². The molecule has 0 aliphatic carbocycles. The Morgan fingerprint density at radius 3 is 2.26 bits per heavy atom. The van der Waals surface area contributed by atoms with E-state index in [0.717, 1.165) is 12.2 Å². The van der Waals surface area contributed by atoms with Crippen molar-refractivity contribution in [1.82, 2.24) is 0 Å². The molecule has 0 spiro atoms. The second kappa shape index (κ2) is 10.5. The van der Waals surface area contributed by atoms with Gasteiger partial charge in [0.2, 0.25) is 0 Å². The Bertz CT molecular complexity index is 338. The minimum Gasteiger partial charge on any atom is -0.462 e. The fourth-order valence-corrected chi connectivity index (χ4v) is 2.82. The molecule has 0 heterocycles. The molecule has 0 rings (SSSR count). The molecular formula is C17H34O5S. The van der Waals surface area contributed by atoms with Gasteiger partial charge in [0.15, 0.2) is 0 Å². The summed E-state index contributed by atoms with van der Waals surface area (Å²) < 4.78 is 16.0. The monoisotopic (exact) mass is 350 g/mol. The quantitative estimate of drug-likeness (QED) is 0.350. The highest BCUT2D eigenvalue weighted by molar-refractivity contribution is 7.94. The van der Waals surface area contributed by atoms with Gasteiger partial charge in [-0.2, -0.15) is 0 Å². The number of esters is 1. The molecule has 0 saturated carbocycles. The fourth-order valence-electron chi connectivity index (χ4n) is 2.36. The van der Waals surface area contributed by atoms with E-state index in [1.807, 2.05) is 27.7 Å². The first kappa shape index (κ1) is 22.7. The highest BCUT2D eigenvalue weighted by Crippen LogP contribution is 2.34. The average molecular weight is 351 g/mol.